The number of anilines is 2. The Kier molecular flexibility index (Phi) is 7.54. The minimum absolute atomic E-state index is 0.300. The van der Waals surface area contributed by atoms with E-state index < -0.39 is 28.2 Å². The minimum Gasteiger partial charge on any atom is -0.457 e. The van der Waals surface area contributed by atoms with Gasteiger partial charge in [-0.25, -0.2) is 14.8 Å². The molecule has 0 bridgehead atoms. The fourth-order valence-electron chi connectivity index (χ4n) is 3.96. The molecule has 0 aromatic carbocycles. The molecule has 1 fully saturated rings. The number of carbonyl (C=O) groups is 2. The van der Waals surface area contributed by atoms with Gasteiger partial charge in [0.1, 0.15) is 11.9 Å². The van der Waals surface area contributed by atoms with E-state index in [-0.39, 0.29) is 5.30 Å². The number of ether oxygens (including phenoxy) is 1. The highest BCUT2D eigenvalue weighted by atomic mass is 32.2. The average Bonchev–Trinajstić information content (AvgIpc) is 3.50. The van der Waals surface area contributed by atoms with Crippen LogP contribution in [0.2, 0.25) is 0 Å². The van der Waals surface area contributed by atoms with Gasteiger partial charge in [-0.2, -0.15) is 10.2 Å². The Morgan fingerprint density at radius 2 is 2.26 bits per heavy atom. The monoisotopic (exact) mass is 506 g/mol. The molecule has 3 unspecified atom stereocenters. The van der Waals surface area contributed by atoms with E-state index in [9.17, 15) is 9.59 Å². The Hall–Kier alpha value is -3.21. The molecule has 16 heteroatoms. The van der Waals surface area contributed by atoms with E-state index in [2.05, 4.69) is 35.6 Å². The lowest BCUT2D eigenvalue weighted by molar-refractivity contribution is -0.121. The largest absolute Gasteiger partial charge is 0.457 e. The first-order chi connectivity index (χ1) is 16.8. The van der Waals surface area contributed by atoms with E-state index in [1.807, 2.05) is 34.3 Å². The van der Waals surface area contributed by atoms with Crippen molar-refractivity contribution in [2.24, 2.45) is 5.73 Å². The molecule has 2 aromatic rings. The maximum Gasteiger partial charge on any atom is 0.375 e. The zero-order chi connectivity index (χ0) is 25.0. The van der Waals surface area contributed by atoms with Gasteiger partial charge in [0.2, 0.25) is 11.9 Å². The van der Waals surface area contributed by atoms with Gasteiger partial charge in [0.25, 0.3) is 0 Å². The molecule has 0 spiro atoms. The number of carbonyl (C=O) groups excluding carboxylic acids is 2. The van der Waals surface area contributed by atoms with Crippen LogP contribution in [-0.4, -0.2) is 104 Å². The van der Waals surface area contributed by atoms with Gasteiger partial charge in [0.15, 0.2) is 5.82 Å². The standard InChI is InChI=1S/C19H30N12O3S/c1-4-34-18(33)35-12-19(2,11-23-35)31(30-8-7-21-13(9-30)16(20)32)17-22-6-5-15(24-17)29(3)10-14-25-27-28-26-14/h5-6,12-13,21,23H,4,7-11H2,1-3H3,(H2,20,32)(H,25,26,27,28). The van der Waals surface area contributed by atoms with Crippen molar-refractivity contribution in [1.82, 2.24) is 45.6 Å². The number of nitrogens with zero attached hydrogens (tertiary/aromatic N) is 8. The number of tetrazole rings is 1. The van der Waals surface area contributed by atoms with Gasteiger partial charge in [0, 0.05) is 39.4 Å². The zero-order valence-corrected chi connectivity index (χ0v) is 20.7. The van der Waals surface area contributed by atoms with E-state index >= 15 is 0 Å². The van der Waals surface area contributed by atoms with Crippen LogP contribution in [0.25, 0.3) is 0 Å². The number of hydrogen-bond acceptors (Lipinski definition) is 13. The number of piperazine rings is 1. The number of amides is 1. The Bertz CT molecular complexity index is 1080. The van der Waals surface area contributed by atoms with E-state index in [1.165, 1.54) is 0 Å². The quantitative estimate of drug-likeness (QED) is 0.243. The van der Waals surface area contributed by atoms with Crippen LogP contribution in [0.4, 0.5) is 16.6 Å². The average molecular weight is 507 g/mol. The Labute approximate surface area is 204 Å². The molecule has 5 N–H and O–H groups in total. The lowest BCUT2D eigenvalue weighted by atomic mass is 10.1. The van der Waals surface area contributed by atoms with Crippen LogP contribution in [0.3, 0.4) is 0 Å². The highest BCUT2D eigenvalue weighted by molar-refractivity contribution is 8.26. The van der Waals surface area contributed by atoms with Crippen molar-refractivity contribution in [2.75, 3.05) is 49.7 Å². The van der Waals surface area contributed by atoms with Crippen molar-refractivity contribution in [1.29, 1.82) is 0 Å². The summed E-state index contributed by atoms with van der Waals surface area (Å²) in [6.07, 6.45) is 1.67. The summed E-state index contributed by atoms with van der Waals surface area (Å²) in [6, 6.07) is 1.25. The van der Waals surface area contributed by atoms with Crippen molar-refractivity contribution >= 4 is 39.0 Å². The van der Waals surface area contributed by atoms with Crippen LogP contribution >= 0.6 is 10.7 Å². The zero-order valence-electron chi connectivity index (χ0n) is 19.8. The maximum absolute atomic E-state index is 12.4. The molecular formula is C19H30N12O3S. The van der Waals surface area contributed by atoms with Crippen molar-refractivity contribution in [3.05, 3.63) is 18.1 Å². The smallest absolute Gasteiger partial charge is 0.375 e. The lowest BCUT2D eigenvalue weighted by Gasteiger charge is -2.47. The molecule has 0 saturated carbocycles. The molecule has 0 radical (unpaired) electrons. The molecule has 4 rings (SSSR count). The summed E-state index contributed by atoms with van der Waals surface area (Å²) in [6.45, 7) is 6.38. The molecule has 2 aliphatic heterocycles. The van der Waals surface area contributed by atoms with Crippen LogP contribution in [0.5, 0.6) is 0 Å². The molecule has 2 aliphatic rings. The number of H-pyrrole nitrogens is 1. The van der Waals surface area contributed by atoms with Crippen molar-refractivity contribution in [2.45, 2.75) is 32.0 Å². The first-order valence-electron chi connectivity index (χ1n) is 11.1. The number of nitrogens with one attached hydrogen (secondary N) is 3. The normalized spacial score (nSPS) is 24.5. The summed E-state index contributed by atoms with van der Waals surface area (Å²) in [5, 5.41) is 22.7. The van der Waals surface area contributed by atoms with E-state index in [0.29, 0.717) is 56.9 Å². The predicted octanol–water partition coefficient (Wildman–Crippen LogP) is -1.39. The number of hydrogen-bond donors (Lipinski definition) is 4. The molecule has 15 nitrogen and oxygen atoms in total. The molecule has 0 aliphatic carbocycles. The van der Waals surface area contributed by atoms with Gasteiger partial charge in [-0.15, -0.1) is 10.2 Å². The van der Waals surface area contributed by atoms with E-state index in [1.54, 1.807) is 19.2 Å². The molecule has 190 valence electrons. The predicted molar refractivity (Wildman–Crippen MR) is 130 cm³/mol. The Balaban J connectivity index is 1.68. The first-order valence-corrected chi connectivity index (χ1v) is 12.4. The molecule has 35 heavy (non-hydrogen) atoms. The van der Waals surface area contributed by atoms with Gasteiger partial charge >= 0.3 is 5.30 Å². The van der Waals surface area contributed by atoms with Crippen LogP contribution in [-0.2, 0) is 16.1 Å². The SMILES string of the molecule is CCOC(=O)S1=CC(C)(N(c2nccc(N(C)Cc3nn[nH]n3)n2)N2CCNC(C(N)=O)C2)CN1. The Morgan fingerprint density at radius 1 is 1.43 bits per heavy atom. The summed E-state index contributed by atoms with van der Waals surface area (Å²) < 4.78 is 8.47. The minimum atomic E-state index is -0.898. The van der Waals surface area contributed by atoms with Crippen LogP contribution in [0.1, 0.15) is 19.7 Å². The fraction of sp³-hybridized carbons (Fsp3) is 0.579. The molecule has 2 aromatic heterocycles. The van der Waals surface area contributed by atoms with Gasteiger partial charge in [-0.3, -0.25) is 14.5 Å². The van der Waals surface area contributed by atoms with Gasteiger partial charge in [-0.1, -0.05) is 5.21 Å². The number of aromatic nitrogens is 6. The summed E-state index contributed by atoms with van der Waals surface area (Å²) in [5.41, 5.74) is 4.91. The van der Waals surface area contributed by atoms with E-state index in [4.69, 9.17) is 15.5 Å². The second-order valence-corrected chi connectivity index (χ2v) is 9.88. The van der Waals surface area contributed by atoms with Crippen LogP contribution in [0, 0.1) is 0 Å². The molecule has 3 atom stereocenters. The first kappa shape index (κ1) is 24.9. The molecular weight excluding hydrogens is 476 g/mol. The number of primary amides is 1. The van der Waals surface area contributed by atoms with Crippen LogP contribution < -0.4 is 25.7 Å². The van der Waals surface area contributed by atoms with Crippen LogP contribution in [0.15, 0.2) is 12.3 Å². The third-order valence-electron chi connectivity index (χ3n) is 5.64. The highest BCUT2D eigenvalue weighted by Gasteiger charge is 2.43. The fourth-order valence-corrected chi connectivity index (χ4v) is 5.64. The van der Waals surface area contributed by atoms with Crippen molar-refractivity contribution < 1.29 is 14.3 Å². The van der Waals surface area contributed by atoms with Gasteiger partial charge < -0.3 is 20.7 Å². The van der Waals surface area contributed by atoms with E-state index in [0.717, 1.165) is 0 Å². The third-order valence-corrected chi connectivity index (χ3v) is 7.32. The maximum atomic E-state index is 12.4. The third kappa shape index (κ3) is 5.55. The van der Waals surface area contributed by atoms with Crippen molar-refractivity contribution in [3.63, 3.8) is 0 Å². The Morgan fingerprint density at radius 3 is 2.97 bits per heavy atom. The second kappa shape index (κ2) is 10.6. The molecule has 4 heterocycles. The second-order valence-electron chi connectivity index (χ2n) is 8.35. The lowest BCUT2D eigenvalue weighted by Crippen LogP contribution is -2.67. The number of nitrogens with two attached hydrogens (primary N) is 1. The van der Waals surface area contributed by atoms with Gasteiger partial charge in [0.05, 0.1) is 18.7 Å². The summed E-state index contributed by atoms with van der Waals surface area (Å²) in [4.78, 5) is 35.6. The van der Waals surface area contributed by atoms with Crippen molar-refractivity contribution in [3.8, 4) is 0 Å². The molecule has 1 amide bonds. The molecule has 1 saturated heterocycles. The topological polar surface area (TPSA) is 183 Å². The number of aromatic amines is 1. The summed E-state index contributed by atoms with van der Waals surface area (Å²) >= 11 is 0. The highest BCUT2D eigenvalue weighted by Crippen LogP contribution is 2.31. The summed E-state index contributed by atoms with van der Waals surface area (Å²) in [7, 11) is 0.967. The van der Waals surface area contributed by atoms with Gasteiger partial charge in [-0.05, 0) is 36.0 Å². The number of hydrazine groups is 1. The number of rotatable bonds is 8. The summed E-state index contributed by atoms with van der Waals surface area (Å²) in [5.74, 6) is 1.15.